The summed E-state index contributed by atoms with van der Waals surface area (Å²) in [7, 11) is 1.64. The number of hydrogen-bond donors (Lipinski definition) is 1. The maximum atomic E-state index is 12.3. The molecule has 1 aliphatic rings. The molecular formula is C12H15BrN2O2. The third-order valence-electron chi connectivity index (χ3n) is 2.85. The summed E-state index contributed by atoms with van der Waals surface area (Å²) in [5.41, 5.74) is 1.59. The van der Waals surface area contributed by atoms with Gasteiger partial charge in [-0.25, -0.2) is 0 Å². The van der Waals surface area contributed by atoms with E-state index in [0.717, 1.165) is 10.2 Å². The van der Waals surface area contributed by atoms with Crippen LogP contribution in [0, 0.1) is 0 Å². The molecule has 0 saturated heterocycles. The van der Waals surface area contributed by atoms with Crippen molar-refractivity contribution >= 4 is 27.5 Å². The minimum Gasteiger partial charge on any atom is -0.383 e. The highest BCUT2D eigenvalue weighted by Gasteiger charge is 2.27. The predicted octanol–water partition coefficient (Wildman–Crippen LogP) is 2.31. The molecule has 0 aliphatic carbocycles. The molecule has 1 atom stereocenters. The Balaban J connectivity index is 2.24. The van der Waals surface area contributed by atoms with Gasteiger partial charge in [-0.05, 0) is 25.1 Å². The number of benzene rings is 1. The van der Waals surface area contributed by atoms with Gasteiger partial charge in [0.25, 0.3) is 5.91 Å². The van der Waals surface area contributed by atoms with Gasteiger partial charge in [0, 0.05) is 17.3 Å². The fraction of sp³-hybridized carbons (Fsp3) is 0.417. The number of ether oxygens (including phenoxy) is 1. The van der Waals surface area contributed by atoms with Gasteiger partial charge in [0.1, 0.15) is 0 Å². The summed E-state index contributed by atoms with van der Waals surface area (Å²) >= 11 is 3.39. The van der Waals surface area contributed by atoms with Crippen molar-refractivity contribution in [2.75, 3.05) is 25.7 Å². The van der Waals surface area contributed by atoms with Crippen molar-refractivity contribution in [1.82, 2.24) is 4.90 Å². The second kappa shape index (κ2) is 5.06. The third-order valence-corrected chi connectivity index (χ3v) is 3.35. The van der Waals surface area contributed by atoms with Crippen LogP contribution in [0.3, 0.4) is 0 Å². The van der Waals surface area contributed by atoms with E-state index in [9.17, 15) is 4.79 Å². The summed E-state index contributed by atoms with van der Waals surface area (Å²) in [5.74, 6) is 0.0517. The monoisotopic (exact) mass is 298 g/mol. The lowest BCUT2D eigenvalue weighted by molar-refractivity contribution is 0.0572. The average molecular weight is 299 g/mol. The summed E-state index contributed by atoms with van der Waals surface area (Å²) in [5, 5.41) is 3.24. The summed E-state index contributed by atoms with van der Waals surface area (Å²) in [4.78, 5) is 14.0. The van der Waals surface area contributed by atoms with Gasteiger partial charge in [-0.1, -0.05) is 15.9 Å². The second-order valence-electron chi connectivity index (χ2n) is 4.10. The highest BCUT2D eigenvalue weighted by Crippen LogP contribution is 2.26. The van der Waals surface area contributed by atoms with Gasteiger partial charge in [0.2, 0.25) is 0 Å². The SMILES string of the molecule is COC[C@@H](C)N1CNc2cc(Br)ccc2C1=O. The number of hydrogen-bond acceptors (Lipinski definition) is 3. The van der Waals surface area contributed by atoms with Gasteiger partial charge < -0.3 is 15.0 Å². The highest BCUT2D eigenvalue weighted by molar-refractivity contribution is 9.10. The van der Waals surface area contributed by atoms with E-state index in [1.54, 1.807) is 12.0 Å². The molecule has 92 valence electrons. The normalized spacial score (nSPS) is 16.4. The largest absolute Gasteiger partial charge is 0.383 e. The number of halogens is 1. The van der Waals surface area contributed by atoms with Crippen LogP contribution in [0.2, 0.25) is 0 Å². The first-order valence-corrected chi connectivity index (χ1v) is 6.26. The summed E-state index contributed by atoms with van der Waals surface area (Å²) in [6.45, 7) is 3.04. The van der Waals surface area contributed by atoms with Crippen molar-refractivity contribution in [2.45, 2.75) is 13.0 Å². The molecule has 0 spiro atoms. The summed E-state index contributed by atoms with van der Waals surface area (Å²) < 4.78 is 6.05. The Labute approximate surface area is 109 Å². The number of carbonyl (C=O) groups excluding carboxylic acids is 1. The number of nitrogens with zero attached hydrogens (tertiary/aromatic N) is 1. The lowest BCUT2D eigenvalue weighted by atomic mass is 10.1. The van der Waals surface area contributed by atoms with Gasteiger partial charge >= 0.3 is 0 Å². The minimum atomic E-state index is 0.0517. The number of nitrogens with one attached hydrogen (secondary N) is 1. The number of anilines is 1. The smallest absolute Gasteiger partial charge is 0.257 e. The van der Waals surface area contributed by atoms with Crippen LogP contribution >= 0.6 is 15.9 Å². The maximum Gasteiger partial charge on any atom is 0.257 e. The molecule has 2 rings (SSSR count). The molecule has 0 aromatic heterocycles. The Kier molecular flexibility index (Phi) is 3.69. The Hall–Kier alpha value is -1.07. The molecule has 1 heterocycles. The quantitative estimate of drug-likeness (QED) is 0.931. The van der Waals surface area contributed by atoms with Crippen LogP contribution in [0.4, 0.5) is 5.69 Å². The number of methoxy groups -OCH3 is 1. The fourth-order valence-electron chi connectivity index (χ4n) is 1.93. The average Bonchev–Trinajstić information content (AvgIpc) is 2.29. The Morgan fingerprint density at radius 3 is 3.06 bits per heavy atom. The van der Waals surface area contributed by atoms with Crippen LogP contribution in [-0.4, -0.2) is 37.2 Å². The molecule has 0 fully saturated rings. The van der Waals surface area contributed by atoms with Crippen molar-refractivity contribution in [2.24, 2.45) is 0 Å². The number of carbonyl (C=O) groups is 1. The zero-order valence-electron chi connectivity index (χ0n) is 9.87. The van der Waals surface area contributed by atoms with Crippen LogP contribution in [0.1, 0.15) is 17.3 Å². The standard InChI is InChI=1S/C12H15BrN2O2/c1-8(6-17-2)15-7-14-11-5-9(13)3-4-10(11)12(15)16/h3-5,8,14H,6-7H2,1-2H3/t8-/m1/s1. The molecule has 0 unspecified atom stereocenters. The molecular weight excluding hydrogens is 284 g/mol. The van der Waals surface area contributed by atoms with Gasteiger partial charge in [-0.2, -0.15) is 0 Å². The minimum absolute atomic E-state index is 0.0517. The van der Waals surface area contributed by atoms with Gasteiger partial charge in [-0.3, -0.25) is 4.79 Å². The van der Waals surface area contributed by atoms with E-state index in [4.69, 9.17) is 4.74 Å². The first-order chi connectivity index (χ1) is 8.13. The van der Waals surface area contributed by atoms with Crippen LogP contribution in [0.25, 0.3) is 0 Å². The Bertz CT molecular complexity index is 437. The van der Waals surface area contributed by atoms with E-state index in [1.165, 1.54) is 0 Å². The van der Waals surface area contributed by atoms with E-state index in [2.05, 4.69) is 21.2 Å². The van der Waals surface area contributed by atoms with E-state index < -0.39 is 0 Å². The Morgan fingerprint density at radius 1 is 1.59 bits per heavy atom. The first-order valence-electron chi connectivity index (χ1n) is 5.47. The molecule has 1 amide bonds. The van der Waals surface area contributed by atoms with Gasteiger partial charge in [0.15, 0.2) is 0 Å². The zero-order chi connectivity index (χ0) is 12.4. The third kappa shape index (κ3) is 2.45. The molecule has 1 aromatic carbocycles. The van der Waals surface area contributed by atoms with Crippen LogP contribution in [-0.2, 0) is 4.74 Å². The molecule has 0 saturated carbocycles. The second-order valence-corrected chi connectivity index (χ2v) is 5.02. The fourth-order valence-corrected chi connectivity index (χ4v) is 2.29. The van der Waals surface area contributed by atoms with E-state index >= 15 is 0 Å². The van der Waals surface area contributed by atoms with E-state index in [1.807, 2.05) is 25.1 Å². The number of rotatable bonds is 3. The summed E-state index contributed by atoms with van der Waals surface area (Å²) in [6.07, 6.45) is 0. The predicted molar refractivity (Wildman–Crippen MR) is 70.1 cm³/mol. The van der Waals surface area contributed by atoms with Gasteiger partial charge in [0.05, 0.1) is 24.9 Å². The van der Waals surface area contributed by atoms with Crippen molar-refractivity contribution in [3.8, 4) is 0 Å². The van der Waals surface area contributed by atoms with E-state index in [-0.39, 0.29) is 11.9 Å². The molecule has 5 heteroatoms. The van der Waals surface area contributed by atoms with Crippen molar-refractivity contribution in [3.63, 3.8) is 0 Å². The van der Waals surface area contributed by atoms with Crippen molar-refractivity contribution in [3.05, 3.63) is 28.2 Å². The van der Waals surface area contributed by atoms with Crippen LogP contribution < -0.4 is 5.32 Å². The van der Waals surface area contributed by atoms with Crippen molar-refractivity contribution in [1.29, 1.82) is 0 Å². The van der Waals surface area contributed by atoms with Crippen LogP contribution in [0.15, 0.2) is 22.7 Å². The topological polar surface area (TPSA) is 41.6 Å². The molecule has 0 bridgehead atoms. The molecule has 17 heavy (non-hydrogen) atoms. The van der Waals surface area contributed by atoms with E-state index in [0.29, 0.717) is 18.8 Å². The van der Waals surface area contributed by atoms with Crippen LogP contribution in [0.5, 0.6) is 0 Å². The number of fused-ring (bicyclic) bond motifs is 1. The molecule has 1 aromatic rings. The molecule has 4 nitrogen and oxygen atoms in total. The number of amides is 1. The highest BCUT2D eigenvalue weighted by atomic mass is 79.9. The first kappa shape index (κ1) is 12.4. The molecule has 0 radical (unpaired) electrons. The molecule has 1 aliphatic heterocycles. The van der Waals surface area contributed by atoms with Gasteiger partial charge in [-0.15, -0.1) is 0 Å². The lowest BCUT2D eigenvalue weighted by Crippen LogP contribution is -2.46. The zero-order valence-corrected chi connectivity index (χ0v) is 11.5. The molecule has 1 N–H and O–H groups in total. The Morgan fingerprint density at radius 2 is 2.35 bits per heavy atom. The maximum absolute atomic E-state index is 12.3. The lowest BCUT2D eigenvalue weighted by Gasteiger charge is -2.34. The van der Waals surface area contributed by atoms with Crippen molar-refractivity contribution < 1.29 is 9.53 Å². The summed E-state index contributed by atoms with van der Waals surface area (Å²) in [6, 6.07) is 5.70.